The maximum Gasteiger partial charge on any atom is 0.310 e. The Labute approximate surface area is 88.9 Å². The van der Waals surface area contributed by atoms with Gasteiger partial charge in [0.2, 0.25) is 0 Å². The van der Waals surface area contributed by atoms with Crippen LogP contribution in [-0.4, -0.2) is 11.1 Å². The van der Waals surface area contributed by atoms with Crippen molar-refractivity contribution in [2.75, 3.05) is 0 Å². The second-order valence-electron chi connectivity index (χ2n) is 3.38. The molecule has 1 N–H and O–H groups in total. The molecule has 0 saturated carbocycles. The predicted octanol–water partition coefficient (Wildman–Crippen LogP) is 2.70. The Morgan fingerprint density at radius 3 is 2.93 bits per heavy atom. The summed E-state index contributed by atoms with van der Waals surface area (Å²) in [4.78, 5) is 10.8. The lowest BCUT2D eigenvalue weighted by Crippen LogP contribution is -2.07. The van der Waals surface area contributed by atoms with Crippen molar-refractivity contribution in [3.63, 3.8) is 0 Å². The van der Waals surface area contributed by atoms with Crippen molar-refractivity contribution in [1.29, 1.82) is 0 Å². The molecule has 74 valence electrons. The van der Waals surface area contributed by atoms with E-state index in [4.69, 9.17) is 5.11 Å². The highest BCUT2D eigenvalue weighted by atomic mass is 79.9. The number of rotatable bonds is 1. The lowest BCUT2D eigenvalue weighted by Gasteiger charge is -2.06. The van der Waals surface area contributed by atoms with Gasteiger partial charge in [-0.05, 0) is 36.1 Å². The van der Waals surface area contributed by atoms with E-state index in [2.05, 4.69) is 15.9 Å². The molecule has 1 aliphatic rings. The molecule has 0 spiro atoms. The molecule has 1 aromatic rings. The highest BCUT2D eigenvalue weighted by Gasteiger charge is 2.30. The maximum atomic E-state index is 13.0. The van der Waals surface area contributed by atoms with Crippen LogP contribution in [0.5, 0.6) is 0 Å². The summed E-state index contributed by atoms with van der Waals surface area (Å²) in [5, 5.41) is 8.90. The molecule has 1 aliphatic carbocycles. The van der Waals surface area contributed by atoms with Crippen LogP contribution in [0.3, 0.4) is 0 Å². The summed E-state index contributed by atoms with van der Waals surface area (Å²) in [7, 11) is 0. The van der Waals surface area contributed by atoms with Crippen LogP contribution in [0.15, 0.2) is 16.6 Å². The van der Waals surface area contributed by atoms with E-state index in [1.54, 1.807) is 0 Å². The van der Waals surface area contributed by atoms with Crippen molar-refractivity contribution >= 4 is 21.9 Å². The number of carbonyl (C=O) groups is 1. The molecule has 14 heavy (non-hydrogen) atoms. The van der Waals surface area contributed by atoms with Crippen molar-refractivity contribution in [3.8, 4) is 0 Å². The van der Waals surface area contributed by atoms with E-state index in [9.17, 15) is 9.18 Å². The minimum Gasteiger partial charge on any atom is -0.481 e. The monoisotopic (exact) mass is 258 g/mol. The first kappa shape index (κ1) is 9.65. The number of aliphatic carboxylic acids is 1. The third-order valence-electron chi connectivity index (χ3n) is 2.55. The summed E-state index contributed by atoms with van der Waals surface area (Å²) in [5.74, 6) is -1.80. The fourth-order valence-corrected chi connectivity index (χ4v) is 2.54. The van der Waals surface area contributed by atoms with Crippen LogP contribution in [0.4, 0.5) is 4.39 Å². The van der Waals surface area contributed by atoms with E-state index in [-0.39, 0.29) is 5.82 Å². The molecule has 0 radical (unpaired) electrons. The summed E-state index contributed by atoms with van der Waals surface area (Å²) in [6, 6.07) is 2.70. The van der Waals surface area contributed by atoms with E-state index in [0.29, 0.717) is 22.9 Å². The fourth-order valence-electron chi connectivity index (χ4n) is 1.90. The Balaban J connectivity index is 2.54. The highest BCUT2D eigenvalue weighted by Crippen LogP contribution is 2.37. The van der Waals surface area contributed by atoms with Gasteiger partial charge < -0.3 is 5.11 Å². The molecule has 1 atom stereocenters. The first-order valence-corrected chi connectivity index (χ1v) is 5.09. The van der Waals surface area contributed by atoms with Gasteiger partial charge in [-0.1, -0.05) is 15.9 Å². The minimum absolute atomic E-state index is 0.385. The van der Waals surface area contributed by atoms with Crippen molar-refractivity contribution in [2.24, 2.45) is 0 Å². The number of hydrogen-bond acceptors (Lipinski definition) is 1. The fraction of sp³-hybridized carbons (Fsp3) is 0.300. The smallest absolute Gasteiger partial charge is 0.310 e. The van der Waals surface area contributed by atoms with Crippen LogP contribution in [0.25, 0.3) is 0 Å². The second kappa shape index (κ2) is 3.35. The van der Waals surface area contributed by atoms with Crippen LogP contribution < -0.4 is 0 Å². The molecule has 1 aromatic carbocycles. The standard InChI is InChI=1S/C10H8BrFO2/c11-9-4-5(12)3-8-6(9)1-2-7(8)10(13)14/h3-4,7H,1-2H2,(H,13,14). The van der Waals surface area contributed by atoms with E-state index in [0.717, 1.165) is 5.56 Å². The van der Waals surface area contributed by atoms with Crippen LogP contribution in [-0.2, 0) is 11.2 Å². The van der Waals surface area contributed by atoms with E-state index in [1.165, 1.54) is 12.1 Å². The Morgan fingerprint density at radius 2 is 2.29 bits per heavy atom. The summed E-state index contributed by atoms with van der Waals surface area (Å²) in [6.45, 7) is 0. The predicted molar refractivity (Wildman–Crippen MR) is 52.8 cm³/mol. The number of carboxylic acid groups (broad SMARTS) is 1. The zero-order chi connectivity index (χ0) is 10.3. The number of carboxylic acids is 1. The van der Waals surface area contributed by atoms with E-state index >= 15 is 0 Å². The molecule has 0 saturated heterocycles. The lowest BCUT2D eigenvalue weighted by molar-refractivity contribution is -0.138. The van der Waals surface area contributed by atoms with Gasteiger partial charge in [-0.3, -0.25) is 4.79 Å². The van der Waals surface area contributed by atoms with Gasteiger partial charge in [0, 0.05) is 4.47 Å². The number of fused-ring (bicyclic) bond motifs is 1. The largest absolute Gasteiger partial charge is 0.481 e. The lowest BCUT2D eigenvalue weighted by atomic mass is 10.0. The van der Waals surface area contributed by atoms with Crippen LogP contribution >= 0.6 is 15.9 Å². The molecule has 1 unspecified atom stereocenters. The van der Waals surface area contributed by atoms with Crippen molar-refractivity contribution < 1.29 is 14.3 Å². The van der Waals surface area contributed by atoms with Crippen LogP contribution in [0, 0.1) is 5.82 Å². The number of benzene rings is 1. The Morgan fingerprint density at radius 1 is 1.57 bits per heavy atom. The summed E-state index contributed by atoms with van der Waals surface area (Å²) in [6.07, 6.45) is 1.26. The molecule has 0 aliphatic heterocycles. The molecule has 0 bridgehead atoms. The molecule has 2 nitrogen and oxygen atoms in total. The van der Waals surface area contributed by atoms with Crippen molar-refractivity contribution in [2.45, 2.75) is 18.8 Å². The molecule has 2 rings (SSSR count). The Kier molecular flexibility index (Phi) is 2.31. The third kappa shape index (κ3) is 1.43. The molecule has 0 aromatic heterocycles. The quantitative estimate of drug-likeness (QED) is 0.841. The minimum atomic E-state index is -0.874. The molecular formula is C10H8BrFO2. The number of hydrogen-bond donors (Lipinski definition) is 1. The van der Waals surface area contributed by atoms with Gasteiger partial charge >= 0.3 is 5.97 Å². The van der Waals surface area contributed by atoms with Gasteiger partial charge in [0.25, 0.3) is 0 Å². The average molecular weight is 259 g/mol. The van der Waals surface area contributed by atoms with Gasteiger partial charge in [-0.2, -0.15) is 0 Å². The maximum absolute atomic E-state index is 13.0. The van der Waals surface area contributed by atoms with Gasteiger partial charge in [-0.15, -0.1) is 0 Å². The second-order valence-corrected chi connectivity index (χ2v) is 4.24. The molecule has 0 amide bonds. The summed E-state index contributed by atoms with van der Waals surface area (Å²) >= 11 is 3.24. The van der Waals surface area contributed by atoms with Crippen molar-refractivity contribution in [1.82, 2.24) is 0 Å². The zero-order valence-electron chi connectivity index (χ0n) is 7.26. The topological polar surface area (TPSA) is 37.3 Å². The van der Waals surface area contributed by atoms with E-state index < -0.39 is 11.9 Å². The van der Waals surface area contributed by atoms with Crippen molar-refractivity contribution in [3.05, 3.63) is 33.5 Å². The third-order valence-corrected chi connectivity index (χ3v) is 3.26. The van der Waals surface area contributed by atoms with Gasteiger partial charge in [-0.25, -0.2) is 4.39 Å². The van der Waals surface area contributed by atoms with E-state index in [1.807, 2.05) is 0 Å². The first-order valence-electron chi connectivity index (χ1n) is 4.30. The van der Waals surface area contributed by atoms with Crippen LogP contribution in [0.1, 0.15) is 23.5 Å². The van der Waals surface area contributed by atoms with Gasteiger partial charge in [0.15, 0.2) is 0 Å². The Hall–Kier alpha value is -0.900. The summed E-state index contributed by atoms with van der Waals surface area (Å²) < 4.78 is 13.7. The van der Waals surface area contributed by atoms with Gasteiger partial charge in [0.1, 0.15) is 5.82 Å². The molecule has 0 heterocycles. The summed E-state index contributed by atoms with van der Waals surface area (Å²) in [5.41, 5.74) is 1.54. The SMILES string of the molecule is O=C(O)C1CCc2c(Br)cc(F)cc21. The van der Waals surface area contributed by atoms with Crippen LogP contribution in [0.2, 0.25) is 0 Å². The Bertz CT molecular complexity index is 403. The zero-order valence-corrected chi connectivity index (χ0v) is 8.84. The first-order chi connectivity index (χ1) is 6.59. The average Bonchev–Trinajstić information content (AvgIpc) is 2.47. The molecule has 4 heteroatoms. The number of halogens is 2. The van der Waals surface area contributed by atoms with Gasteiger partial charge in [0.05, 0.1) is 5.92 Å². The highest BCUT2D eigenvalue weighted by molar-refractivity contribution is 9.10. The molecule has 0 fully saturated rings. The normalized spacial score (nSPS) is 19.4. The molecular weight excluding hydrogens is 251 g/mol.